The van der Waals surface area contributed by atoms with Crippen molar-refractivity contribution in [3.63, 3.8) is 0 Å². The summed E-state index contributed by atoms with van der Waals surface area (Å²) in [4.78, 5) is 0. The van der Waals surface area contributed by atoms with Crippen LogP contribution in [0.3, 0.4) is 0 Å². The number of benzene rings is 1. The summed E-state index contributed by atoms with van der Waals surface area (Å²) in [5.41, 5.74) is 5.57. The molecule has 1 aromatic rings. The molecule has 0 nitrogen and oxygen atoms in total. The lowest BCUT2D eigenvalue weighted by Crippen LogP contribution is -1.90. The third-order valence-corrected chi connectivity index (χ3v) is 2.64. The molecule has 0 heteroatoms. The molecule has 0 bridgehead atoms. The highest BCUT2D eigenvalue weighted by atomic mass is 14.1. The Hall–Kier alpha value is -1.82. The van der Waals surface area contributed by atoms with Crippen LogP contribution >= 0.6 is 0 Å². The standard InChI is InChI=1S/C17H20.4CH4/c1-6-7-8-17(13(2)3)15(5)16-11-9-14(4)10-12-16;;;;/h6-12H,2,5H2,1,3-4H3;4*1H4/b7-6-,17-8+;;;;. The third-order valence-electron chi connectivity index (χ3n) is 2.64. The van der Waals surface area contributed by atoms with E-state index in [0.717, 1.165) is 22.3 Å². The van der Waals surface area contributed by atoms with Crippen molar-refractivity contribution in [1.29, 1.82) is 0 Å². The minimum absolute atomic E-state index is 0. The zero-order chi connectivity index (χ0) is 12.8. The van der Waals surface area contributed by atoms with Crippen molar-refractivity contribution in [2.24, 2.45) is 0 Å². The van der Waals surface area contributed by atoms with E-state index >= 15 is 0 Å². The number of hydrogen-bond donors (Lipinski definition) is 0. The van der Waals surface area contributed by atoms with E-state index in [0.29, 0.717) is 0 Å². The quantitative estimate of drug-likeness (QED) is 0.499. The molecule has 0 amide bonds. The average molecular weight is 289 g/mol. The SMILES string of the molecule is C.C.C.C.C=C(C)/C(=C\C=C/C)C(=C)c1ccc(C)cc1. The van der Waals surface area contributed by atoms with Gasteiger partial charge in [0.15, 0.2) is 0 Å². The Morgan fingerprint density at radius 1 is 0.952 bits per heavy atom. The molecule has 1 aromatic carbocycles. The van der Waals surface area contributed by atoms with Crippen molar-refractivity contribution in [3.05, 3.63) is 77.9 Å². The molecule has 0 heterocycles. The summed E-state index contributed by atoms with van der Waals surface area (Å²) in [6.45, 7) is 14.3. The fourth-order valence-electron chi connectivity index (χ4n) is 1.60. The maximum Gasteiger partial charge on any atom is -0.0161 e. The second-order valence-corrected chi connectivity index (χ2v) is 4.23. The minimum Gasteiger partial charge on any atom is -0.0955 e. The van der Waals surface area contributed by atoms with Crippen molar-refractivity contribution in [3.8, 4) is 0 Å². The van der Waals surface area contributed by atoms with Gasteiger partial charge in [-0.3, -0.25) is 0 Å². The summed E-state index contributed by atoms with van der Waals surface area (Å²) in [7, 11) is 0. The van der Waals surface area contributed by atoms with E-state index in [1.54, 1.807) is 0 Å². The molecule has 0 aliphatic rings. The second-order valence-electron chi connectivity index (χ2n) is 4.23. The largest absolute Gasteiger partial charge is 0.0955 e. The zero-order valence-electron chi connectivity index (χ0n) is 11.0. The molecule has 0 spiro atoms. The minimum atomic E-state index is 0. The molecule has 0 saturated carbocycles. The van der Waals surface area contributed by atoms with E-state index in [1.165, 1.54) is 5.56 Å². The van der Waals surface area contributed by atoms with Crippen LogP contribution in [0.5, 0.6) is 0 Å². The molecular formula is C21H36. The van der Waals surface area contributed by atoms with Crippen LogP contribution in [0.2, 0.25) is 0 Å². The Morgan fingerprint density at radius 3 is 1.81 bits per heavy atom. The van der Waals surface area contributed by atoms with Crippen LogP contribution in [0.1, 0.15) is 54.7 Å². The number of hydrogen-bond acceptors (Lipinski definition) is 0. The molecule has 0 aliphatic carbocycles. The Morgan fingerprint density at radius 2 is 1.43 bits per heavy atom. The van der Waals surface area contributed by atoms with Crippen LogP contribution in [0.4, 0.5) is 0 Å². The lowest BCUT2D eigenvalue weighted by Gasteiger charge is -2.11. The van der Waals surface area contributed by atoms with Gasteiger partial charge in [0.2, 0.25) is 0 Å². The van der Waals surface area contributed by atoms with Gasteiger partial charge in [-0.25, -0.2) is 0 Å². The first-order chi connectivity index (χ1) is 8.06. The molecule has 0 N–H and O–H groups in total. The third kappa shape index (κ3) is 8.14. The number of allylic oxidation sites excluding steroid dienone is 6. The Labute approximate surface area is 134 Å². The molecule has 1 rings (SSSR count). The molecule has 0 aromatic heterocycles. The van der Waals surface area contributed by atoms with Gasteiger partial charge in [-0.1, -0.05) is 96.5 Å². The maximum atomic E-state index is 4.17. The summed E-state index contributed by atoms with van der Waals surface area (Å²) >= 11 is 0. The molecule has 0 radical (unpaired) electrons. The van der Waals surface area contributed by atoms with E-state index in [2.05, 4.69) is 50.4 Å². The first-order valence-corrected chi connectivity index (χ1v) is 5.81. The molecule has 0 unspecified atom stereocenters. The predicted molar refractivity (Wildman–Crippen MR) is 105 cm³/mol. The molecule has 0 aliphatic heterocycles. The van der Waals surface area contributed by atoms with Crippen molar-refractivity contribution >= 4 is 5.57 Å². The maximum absolute atomic E-state index is 4.17. The lowest BCUT2D eigenvalue weighted by atomic mass is 9.94. The van der Waals surface area contributed by atoms with Crippen molar-refractivity contribution in [2.45, 2.75) is 50.5 Å². The molecule has 0 fully saturated rings. The van der Waals surface area contributed by atoms with E-state index < -0.39 is 0 Å². The Kier molecular flexibility index (Phi) is 17.3. The van der Waals surface area contributed by atoms with Gasteiger partial charge in [-0.05, 0) is 37.5 Å². The van der Waals surface area contributed by atoms with Crippen LogP contribution < -0.4 is 0 Å². The van der Waals surface area contributed by atoms with Crippen LogP contribution in [0, 0.1) is 6.92 Å². The number of rotatable bonds is 4. The fourth-order valence-corrected chi connectivity index (χ4v) is 1.60. The second kappa shape index (κ2) is 13.2. The summed E-state index contributed by atoms with van der Waals surface area (Å²) in [6, 6.07) is 8.41. The Balaban J connectivity index is -0.000000361. The average Bonchev–Trinajstić information content (AvgIpc) is 2.29. The fraction of sp³-hybridized carbons (Fsp3) is 0.333. The van der Waals surface area contributed by atoms with E-state index in [-0.39, 0.29) is 29.7 Å². The number of aryl methyl sites for hydroxylation is 1. The van der Waals surface area contributed by atoms with E-state index in [4.69, 9.17) is 0 Å². The van der Waals surface area contributed by atoms with Crippen LogP contribution in [0.25, 0.3) is 5.57 Å². The van der Waals surface area contributed by atoms with Crippen LogP contribution in [-0.4, -0.2) is 0 Å². The summed E-state index contributed by atoms with van der Waals surface area (Å²) in [6.07, 6.45) is 6.08. The molecule has 120 valence electrons. The predicted octanol–water partition coefficient (Wildman–Crippen LogP) is 7.63. The van der Waals surface area contributed by atoms with Crippen molar-refractivity contribution in [2.75, 3.05) is 0 Å². The molecule has 0 saturated heterocycles. The van der Waals surface area contributed by atoms with Crippen molar-refractivity contribution < 1.29 is 0 Å². The van der Waals surface area contributed by atoms with Gasteiger partial charge in [-0.15, -0.1) is 0 Å². The van der Waals surface area contributed by atoms with Crippen LogP contribution in [-0.2, 0) is 0 Å². The highest BCUT2D eigenvalue weighted by Gasteiger charge is 2.05. The molecule has 21 heavy (non-hydrogen) atoms. The summed E-state index contributed by atoms with van der Waals surface area (Å²) in [5.74, 6) is 0. The topological polar surface area (TPSA) is 0 Å². The summed E-state index contributed by atoms with van der Waals surface area (Å²) in [5, 5.41) is 0. The highest BCUT2D eigenvalue weighted by Crippen LogP contribution is 2.26. The molecule has 0 atom stereocenters. The van der Waals surface area contributed by atoms with Crippen LogP contribution in [0.15, 0.2) is 66.8 Å². The van der Waals surface area contributed by atoms with E-state index in [1.807, 2.05) is 26.0 Å². The van der Waals surface area contributed by atoms with Gasteiger partial charge in [-0.2, -0.15) is 0 Å². The first-order valence-electron chi connectivity index (χ1n) is 5.81. The van der Waals surface area contributed by atoms with Gasteiger partial charge < -0.3 is 0 Å². The zero-order valence-corrected chi connectivity index (χ0v) is 11.0. The smallest absolute Gasteiger partial charge is 0.0161 e. The van der Waals surface area contributed by atoms with E-state index in [9.17, 15) is 0 Å². The monoisotopic (exact) mass is 288 g/mol. The lowest BCUT2D eigenvalue weighted by molar-refractivity contribution is 1.42. The van der Waals surface area contributed by atoms with Gasteiger partial charge in [0.1, 0.15) is 0 Å². The van der Waals surface area contributed by atoms with Crippen molar-refractivity contribution in [1.82, 2.24) is 0 Å². The van der Waals surface area contributed by atoms with Gasteiger partial charge in [0, 0.05) is 0 Å². The molecular weight excluding hydrogens is 252 g/mol. The highest BCUT2D eigenvalue weighted by molar-refractivity contribution is 5.82. The Bertz CT molecular complexity index is 467. The van der Waals surface area contributed by atoms with Gasteiger partial charge in [0.05, 0.1) is 0 Å². The normalized spacial score (nSPS) is 9.57. The van der Waals surface area contributed by atoms with Gasteiger partial charge >= 0.3 is 0 Å². The van der Waals surface area contributed by atoms with Gasteiger partial charge in [0.25, 0.3) is 0 Å². The first kappa shape index (κ1) is 27.5. The summed E-state index contributed by atoms with van der Waals surface area (Å²) < 4.78 is 0.